The van der Waals surface area contributed by atoms with Crippen LogP contribution in [0.5, 0.6) is 0 Å². The van der Waals surface area contributed by atoms with E-state index in [-0.39, 0.29) is 6.03 Å². The summed E-state index contributed by atoms with van der Waals surface area (Å²) in [5.74, 6) is 0.611. The van der Waals surface area contributed by atoms with Crippen LogP contribution >= 0.6 is 0 Å². The van der Waals surface area contributed by atoms with Crippen LogP contribution in [0.3, 0.4) is 0 Å². The zero-order chi connectivity index (χ0) is 15.9. The van der Waals surface area contributed by atoms with Gasteiger partial charge >= 0.3 is 6.03 Å². The highest BCUT2D eigenvalue weighted by atomic mass is 16.2. The Hall–Kier alpha value is -1.71. The maximum absolute atomic E-state index is 12.4. The zero-order valence-corrected chi connectivity index (χ0v) is 14.1. The molecule has 4 nitrogen and oxygen atoms in total. The van der Waals surface area contributed by atoms with Crippen LogP contribution < -0.4 is 10.2 Å². The standard InChI is InChI=1S/C18H29N3O/c1-4-16(14-15(2)3)19-18(22)21-12-10-20(11-13-21)17-8-6-5-7-9-17/h5-9,15-16H,4,10-14H2,1-3H3,(H,19,22). The molecule has 0 radical (unpaired) electrons. The summed E-state index contributed by atoms with van der Waals surface area (Å²) >= 11 is 0. The van der Waals surface area contributed by atoms with E-state index < -0.39 is 0 Å². The van der Waals surface area contributed by atoms with Crippen molar-refractivity contribution in [2.75, 3.05) is 31.1 Å². The van der Waals surface area contributed by atoms with Crippen molar-refractivity contribution in [3.8, 4) is 0 Å². The van der Waals surface area contributed by atoms with E-state index in [1.165, 1.54) is 5.69 Å². The molecule has 1 fully saturated rings. The normalized spacial score (nSPS) is 16.7. The lowest BCUT2D eigenvalue weighted by molar-refractivity contribution is 0.188. The number of amides is 2. The highest BCUT2D eigenvalue weighted by Crippen LogP contribution is 2.16. The highest BCUT2D eigenvalue weighted by molar-refractivity contribution is 5.75. The molecule has 4 heteroatoms. The fourth-order valence-electron chi connectivity index (χ4n) is 2.97. The molecule has 0 saturated carbocycles. The van der Waals surface area contributed by atoms with E-state index in [0.717, 1.165) is 39.0 Å². The Kier molecular flexibility index (Phi) is 6.10. The molecule has 1 unspecified atom stereocenters. The minimum Gasteiger partial charge on any atom is -0.368 e. The van der Waals surface area contributed by atoms with Gasteiger partial charge < -0.3 is 15.1 Å². The van der Waals surface area contributed by atoms with Crippen molar-refractivity contribution in [3.05, 3.63) is 30.3 Å². The van der Waals surface area contributed by atoms with Crippen LogP contribution in [0.25, 0.3) is 0 Å². The average molecular weight is 303 g/mol. The third kappa shape index (κ3) is 4.65. The number of rotatable bonds is 5. The summed E-state index contributed by atoms with van der Waals surface area (Å²) in [6, 6.07) is 10.8. The van der Waals surface area contributed by atoms with Gasteiger partial charge in [-0.15, -0.1) is 0 Å². The molecule has 1 aliphatic heterocycles. The fraction of sp³-hybridized carbons (Fsp3) is 0.611. The summed E-state index contributed by atoms with van der Waals surface area (Å²) in [4.78, 5) is 16.7. The molecule has 1 aromatic carbocycles. The zero-order valence-electron chi connectivity index (χ0n) is 14.1. The molecule has 2 amide bonds. The lowest BCUT2D eigenvalue weighted by Crippen LogP contribution is -2.53. The van der Waals surface area contributed by atoms with Gasteiger partial charge in [0.05, 0.1) is 0 Å². The predicted molar refractivity (Wildman–Crippen MR) is 92.3 cm³/mol. The molecule has 1 saturated heterocycles. The number of hydrogen-bond acceptors (Lipinski definition) is 2. The number of nitrogens with one attached hydrogen (secondary N) is 1. The summed E-state index contributed by atoms with van der Waals surface area (Å²) < 4.78 is 0. The summed E-state index contributed by atoms with van der Waals surface area (Å²) in [7, 11) is 0. The second-order valence-electron chi connectivity index (χ2n) is 6.49. The Balaban J connectivity index is 1.82. The van der Waals surface area contributed by atoms with Crippen molar-refractivity contribution in [1.29, 1.82) is 0 Å². The van der Waals surface area contributed by atoms with Gasteiger partial charge in [0, 0.05) is 37.9 Å². The molecule has 0 bridgehead atoms. The van der Waals surface area contributed by atoms with E-state index in [1.54, 1.807) is 0 Å². The van der Waals surface area contributed by atoms with Crippen LogP contribution in [-0.2, 0) is 0 Å². The number of hydrogen-bond donors (Lipinski definition) is 1. The van der Waals surface area contributed by atoms with Crippen LogP contribution in [0, 0.1) is 5.92 Å². The Morgan fingerprint density at radius 3 is 2.32 bits per heavy atom. The average Bonchev–Trinajstić information content (AvgIpc) is 2.54. The van der Waals surface area contributed by atoms with Gasteiger partial charge in [0.15, 0.2) is 0 Å². The van der Waals surface area contributed by atoms with Gasteiger partial charge in [-0.1, -0.05) is 39.0 Å². The van der Waals surface area contributed by atoms with E-state index >= 15 is 0 Å². The van der Waals surface area contributed by atoms with Crippen LogP contribution in [0.4, 0.5) is 10.5 Å². The molecular weight excluding hydrogens is 274 g/mol. The van der Waals surface area contributed by atoms with Crippen molar-refractivity contribution >= 4 is 11.7 Å². The number of piperazine rings is 1. The van der Waals surface area contributed by atoms with E-state index in [9.17, 15) is 4.79 Å². The fourth-order valence-corrected chi connectivity index (χ4v) is 2.97. The minimum atomic E-state index is 0.0974. The molecule has 0 aromatic heterocycles. The lowest BCUT2D eigenvalue weighted by atomic mass is 10.0. The second kappa shape index (κ2) is 8.06. The molecule has 1 aromatic rings. The van der Waals surface area contributed by atoms with Gasteiger partial charge in [-0.25, -0.2) is 4.79 Å². The summed E-state index contributed by atoms with van der Waals surface area (Å²) in [5, 5.41) is 3.19. The molecule has 0 aliphatic carbocycles. The van der Waals surface area contributed by atoms with Crippen LogP contribution in [0.1, 0.15) is 33.6 Å². The number of carbonyl (C=O) groups excluding carboxylic acids is 1. The molecule has 1 aliphatic rings. The van der Waals surface area contributed by atoms with Crippen molar-refractivity contribution in [3.63, 3.8) is 0 Å². The van der Waals surface area contributed by atoms with Gasteiger partial charge in [-0.05, 0) is 30.9 Å². The number of para-hydroxylation sites is 1. The molecule has 1 N–H and O–H groups in total. The third-order valence-corrected chi connectivity index (χ3v) is 4.26. The topological polar surface area (TPSA) is 35.6 Å². The second-order valence-corrected chi connectivity index (χ2v) is 6.49. The van der Waals surface area contributed by atoms with Crippen LogP contribution in [0.2, 0.25) is 0 Å². The summed E-state index contributed by atoms with van der Waals surface area (Å²) in [5.41, 5.74) is 1.24. The lowest BCUT2D eigenvalue weighted by Gasteiger charge is -2.36. The van der Waals surface area contributed by atoms with E-state index in [4.69, 9.17) is 0 Å². The Morgan fingerprint density at radius 2 is 1.77 bits per heavy atom. The van der Waals surface area contributed by atoms with E-state index in [2.05, 4.69) is 55.3 Å². The van der Waals surface area contributed by atoms with Crippen LogP contribution in [-0.4, -0.2) is 43.2 Å². The van der Waals surface area contributed by atoms with Gasteiger partial charge in [0.1, 0.15) is 0 Å². The smallest absolute Gasteiger partial charge is 0.317 e. The molecular formula is C18H29N3O. The Labute approximate surface area is 134 Å². The van der Waals surface area contributed by atoms with Crippen LogP contribution in [0.15, 0.2) is 30.3 Å². The van der Waals surface area contributed by atoms with Gasteiger partial charge in [0.25, 0.3) is 0 Å². The maximum atomic E-state index is 12.4. The van der Waals surface area contributed by atoms with Crippen molar-refractivity contribution in [1.82, 2.24) is 10.2 Å². The summed E-state index contributed by atoms with van der Waals surface area (Å²) in [6.45, 7) is 9.93. The first-order chi connectivity index (χ1) is 10.6. The highest BCUT2D eigenvalue weighted by Gasteiger charge is 2.22. The molecule has 0 spiro atoms. The first-order valence-electron chi connectivity index (χ1n) is 8.45. The summed E-state index contributed by atoms with van der Waals surface area (Å²) in [6.07, 6.45) is 2.04. The Morgan fingerprint density at radius 1 is 1.14 bits per heavy atom. The molecule has 1 atom stereocenters. The quantitative estimate of drug-likeness (QED) is 0.905. The SMILES string of the molecule is CCC(CC(C)C)NC(=O)N1CCN(c2ccccc2)CC1. The number of urea groups is 1. The van der Waals surface area contributed by atoms with Gasteiger partial charge in [-0.3, -0.25) is 0 Å². The molecule has 22 heavy (non-hydrogen) atoms. The first kappa shape index (κ1) is 16.7. The van der Waals surface area contributed by atoms with Gasteiger partial charge in [-0.2, -0.15) is 0 Å². The van der Waals surface area contributed by atoms with Crippen molar-refractivity contribution in [2.45, 2.75) is 39.7 Å². The number of carbonyl (C=O) groups is 1. The molecule has 2 rings (SSSR count). The largest absolute Gasteiger partial charge is 0.368 e. The molecule has 1 heterocycles. The predicted octanol–water partition coefficient (Wildman–Crippen LogP) is 3.34. The van der Waals surface area contributed by atoms with Crippen molar-refractivity contribution < 1.29 is 4.79 Å². The van der Waals surface area contributed by atoms with E-state index in [0.29, 0.717) is 12.0 Å². The monoisotopic (exact) mass is 303 g/mol. The third-order valence-electron chi connectivity index (χ3n) is 4.26. The van der Waals surface area contributed by atoms with Gasteiger partial charge in [0.2, 0.25) is 0 Å². The number of benzene rings is 1. The number of anilines is 1. The maximum Gasteiger partial charge on any atom is 0.317 e. The van der Waals surface area contributed by atoms with E-state index in [1.807, 2.05) is 11.0 Å². The van der Waals surface area contributed by atoms with Crippen molar-refractivity contribution in [2.24, 2.45) is 5.92 Å². The Bertz CT molecular complexity index is 453. The first-order valence-corrected chi connectivity index (χ1v) is 8.45. The molecule has 122 valence electrons. The number of nitrogens with zero attached hydrogens (tertiary/aromatic N) is 2. The minimum absolute atomic E-state index is 0.0974.